The predicted octanol–water partition coefficient (Wildman–Crippen LogP) is 2.38. The Morgan fingerprint density at radius 1 is 1.33 bits per heavy atom. The normalized spacial score (nSPS) is 10.4. The molecule has 0 atom stereocenters. The van der Waals surface area contributed by atoms with Gasteiger partial charge in [0.1, 0.15) is 0 Å². The van der Waals surface area contributed by atoms with Crippen LogP contribution in [0.1, 0.15) is 10.4 Å². The van der Waals surface area contributed by atoms with E-state index in [-0.39, 0.29) is 5.58 Å². The average molecular weight is 164 g/mol. The fourth-order valence-electron chi connectivity index (χ4n) is 1.15. The van der Waals surface area contributed by atoms with E-state index < -0.39 is 5.82 Å². The lowest BCUT2D eigenvalue weighted by atomic mass is 10.1. The molecule has 0 N–H and O–H groups in total. The molecule has 0 bridgehead atoms. The van der Waals surface area contributed by atoms with Gasteiger partial charge in [-0.2, -0.15) is 0 Å². The lowest BCUT2D eigenvalue weighted by Crippen LogP contribution is -1.82. The highest BCUT2D eigenvalue weighted by Crippen LogP contribution is 2.21. The van der Waals surface area contributed by atoms with E-state index >= 15 is 0 Å². The van der Waals surface area contributed by atoms with Crippen molar-refractivity contribution in [3.63, 3.8) is 0 Å². The van der Waals surface area contributed by atoms with E-state index in [1.54, 1.807) is 6.07 Å². The van der Waals surface area contributed by atoms with Gasteiger partial charge in [0.15, 0.2) is 17.7 Å². The number of halogens is 1. The molecule has 1 aromatic heterocycles. The van der Waals surface area contributed by atoms with Gasteiger partial charge in [0.25, 0.3) is 0 Å². The predicted molar refractivity (Wildman–Crippen MR) is 41.6 cm³/mol. The second kappa shape index (κ2) is 2.44. The van der Waals surface area contributed by atoms with E-state index in [2.05, 4.69) is 0 Å². The average Bonchev–Trinajstić information content (AvgIpc) is 2.54. The Hall–Kier alpha value is -1.64. The van der Waals surface area contributed by atoms with Gasteiger partial charge in [-0.3, -0.25) is 4.79 Å². The van der Waals surface area contributed by atoms with Crippen LogP contribution in [0.3, 0.4) is 0 Å². The first-order valence-electron chi connectivity index (χ1n) is 3.44. The molecule has 2 nitrogen and oxygen atoms in total. The summed E-state index contributed by atoms with van der Waals surface area (Å²) in [6.45, 7) is 0. The minimum atomic E-state index is -0.444. The third-order valence-electron chi connectivity index (χ3n) is 1.73. The summed E-state index contributed by atoms with van der Waals surface area (Å²) in [5.74, 6) is -0.444. The molecule has 3 heteroatoms. The number of carbonyl (C=O) groups is 1. The Labute approximate surface area is 67.6 Å². The summed E-state index contributed by atoms with van der Waals surface area (Å²) in [5, 5.41) is 0.519. The van der Waals surface area contributed by atoms with Crippen molar-refractivity contribution >= 4 is 17.3 Å². The van der Waals surface area contributed by atoms with E-state index in [4.69, 9.17) is 4.42 Å². The second-order valence-corrected chi connectivity index (χ2v) is 2.42. The number of aldehydes is 1. The van der Waals surface area contributed by atoms with Gasteiger partial charge in [-0.25, -0.2) is 4.39 Å². The maximum atomic E-state index is 12.9. The first-order chi connectivity index (χ1) is 5.83. The zero-order chi connectivity index (χ0) is 8.55. The van der Waals surface area contributed by atoms with Crippen LogP contribution >= 0.6 is 0 Å². The number of fused-ring (bicyclic) bond motifs is 1. The van der Waals surface area contributed by atoms with Crippen LogP contribution in [0.15, 0.2) is 28.9 Å². The third-order valence-corrected chi connectivity index (χ3v) is 1.73. The number of benzene rings is 1. The highest BCUT2D eigenvalue weighted by atomic mass is 19.1. The van der Waals surface area contributed by atoms with Crippen LogP contribution in [0, 0.1) is 5.82 Å². The Morgan fingerprint density at radius 2 is 2.17 bits per heavy atom. The molecule has 0 aliphatic rings. The molecular weight excluding hydrogens is 159 g/mol. The molecule has 0 fully saturated rings. The molecule has 0 amide bonds. The minimum absolute atomic E-state index is 0.139. The standard InChI is InChI=1S/C9H5FO2/c10-8-2-1-6(5-11)7-3-4-12-9(7)8/h1-5H. The molecule has 1 aromatic carbocycles. The van der Waals surface area contributed by atoms with E-state index in [1.165, 1.54) is 18.4 Å². The van der Waals surface area contributed by atoms with Crippen molar-refractivity contribution in [2.45, 2.75) is 0 Å². The smallest absolute Gasteiger partial charge is 0.170 e. The van der Waals surface area contributed by atoms with E-state index in [1.807, 2.05) is 0 Å². The van der Waals surface area contributed by atoms with Gasteiger partial charge in [0, 0.05) is 10.9 Å². The molecular formula is C9H5FO2. The van der Waals surface area contributed by atoms with Crippen molar-refractivity contribution in [3.8, 4) is 0 Å². The van der Waals surface area contributed by atoms with Crippen LogP contribution in [-0.2, 0) is 0 Å². The van der Waals surface area contributed by atoms with Crippen LogP contribution in [0.25, 0.3) is 11.0 Å². The number of rotatable bonds is 1. The van der Waals surface area contributed by atoms with Crippen LogP contribution in [0.4, 0.5) is 4.39 Å². The maximum Gasteiger partial charge on any atom is 0.170 e. The Balaban J connectivity index is 2.91. The minimum Gasteiger partial charge on any atom is -0.461 e. The molecule has 2 rings (SSSR count). The number of furan rings is 1. The van der Waals surface area contributed by atoms with E-state index in [0.717, 1.165) is 0 Å². The van der Waals surface area contributed by atoms with Gasteiger partial charge in [0.05, 0.1) is 6.26 Å². The molecule has 12 heavy (non-hydrogen) atoms. The summed E-state index contributed by atoms with van der Waals surface area (Å²) < 4.78 is 17.8. The van der Waals surface area contributed by atoms with Crippen LogP contribution in [0.5, 0.6) is 0 Å². The van der Waals surface area contributed by atoms with Crippen molar-refractivity contribution in [3.05, 3.63) is 35.8 Å². The molecule has 0 spiro atoms. The van der Waals surface area contributed by atoms with Crippen molar-refractivity contribution in [1.29, 1.82) is 0 Å². The Kier molecular flexibility index (Phi) is 1.43. The van der Waals surface area contributed by atoms with Gasteiger partial charge in [0.2, 0.25) is 0 Å². The van der Waals surface area contributed by atoms with E-state index in [0.29, 0.717) is 17.2 Å². The summed E-state index contributed by atoms with van der Waals surface area (Å²) in [6, 6.07) is 4.22. The number of hydrogen-bond donors (Lipinski definition) is 0. The molecule has 1 heterocycles. The summed E-state index contributed by atoms with van der Waals surface area (Å²) in [4.78, 5) is 10.5. The summed E-state index contributed by atoms with van der Waals surface area (Å²) in [7, 11) is 0. The highest BCUT2D eigenvalue weighted by Gasteiger charge is 2.06. The lowest BCUT2D eigenvalue weighted by Gasteiger charge is -1.93. The molecule has 0 unspecified atom stereocenters. The van der Waals surface area contributed by atoms with Crippen LogP contribution in [-0.4, -0.2) is 6.29 Å². The van der Waals surface area contributed by atoms with Gasteiger partial charge >= 0.3 is 0 Å². The quantitative estimate of drug-likeness (QED) is 0.605. The monoisotopic (exact) mass is 164 g/mol. The molecule has 0 saturated heterocycles. The number of hydrogen-bond acceptors (Lipinski definition) is 2. The van der Waals surface area contributed by atoms with Crippen LogP contribution < -0.4 is 0 Å². The maximum absolute atomic E-state index is 12.9. The molecule has 0 aliphatic carbocycles. The van der Waals surface area contributed by atoms with Gasteiger partial charge < -0.3 is 4.42 Å². The molecule has 0 aliphatic heterocycles. The van der Waals surface area contributed by atoms with Crippen LogP contribution in [0.2, 0.25) is 0 Å². The van der Waals surface area contributed by atoms with Crippen molar-refractivity contribution < 1.29 is 13.6 Å². The SMILES string of the molecule is O=Cc1ccc(F)c2occc12. The largest absolute Gasteiger partial charge is 0.461 e. The van der Waals surface area contributed by atoms with Gasteiger partial charge in [-0.1, -0.05) is 0 Å². The molecule has 60 valence electrons. The lowest BCUT2D eigenvalue weighted by molar-refractivity contribution is 0.112. The topological polar surface area (TPSA) is 30.2 Å². The molecule has 0 saturated carbocycles. The summed E-state index contributed by atoms with van der Waals surface area (Å²) in [5.41, 5.74) is 0.583. The summed E-state index contributed by atoms with van der Waals surface area (Å²) >= 11 is 0. The fourth-order valence-corrected chi connectivity index (χ4v) is 1.15. The zero-order valence-electron chi connectivity index (χ0n) is 6.08. The van der Waals surface area contributed by atoms with Crippen molar-refractivity contribution in [2.75, 3.05) is 0 Å². The fraction of sp³-hybridized carbons (Fsp3) is 0. The van der Waals surface area contributed by atoms with Crippen molar-refractivity contribution in [1.82, 2.24) is 0 Å². The van der Waals surface area contributed by atoms with E-state index in [9.17, 15) is 9.18 Å². The first kappa shape index (κ1) is 7.03. The van der Waals surface area contributed by atoms with Gasteiger partial charge in [-0.15, -0.1) is 0 Å². The highest BCUT2D eigenvalue weighted by molar-refractivity contribution is 5.95. The second-order valence-electron chi connectivity index (χ2n) is 2.42. The first-order valence-corrected chi connectivity index (χ1v) is 3.44. The number of carbonyl (C=O) groups excluding carboxylic acids is 1. The molecule has 0 radical (unpaired) electrons. The zero-order valence-corrected chi connectivity index (χ0v) is 6.08. The van der Waals surface area contributed by atoms with Gasteiger partial charge in [-0.05, 0) is 18.2 Å². The Bertz CT molecular complexity index is 431. The Morgan fingerprint density at radius 3 is 2.92 bits per heavy atom. The summed E-state index contributed by atoms with van der Waals surface area (Å²) in [6.07, 6.45) is 2.04. The third kappa shape index (κ3) is 0.830. The van der Waals surface area contributed by atoms with Crippen molar-refractivity contribution in [2.24, 2.45) is 0 Å². The molecule has 2 aromatic rings.